The van der Waals surface area contributed by atoms with Crippen molar-refractivity contribution < 1.29 is 32.2 Å². The van der Waals surface area contributed by atoms with Crippen molar-refractivity contribution in [1.82, 2.24) is 0 Å². The molecule has 0 saturated heterocycles. The first-order valence-electron chi connectivity index (χ1n) is 13.9. The van der Waals surface area contributed by atoms with Crippen LogP contribution in [0.3, 0.4) is 0 Å². The normalized spacial score (nSPS) is 16.8. The number of carbonyl (C=O) groups excluding carboxylic acids is 1. The van der Waals surface area contributed by atoms with E-state index in [0.717, 1.165) is 12.8 Å². The van der Waals surface area contributed by atoms with Crippen LogP contribution in [0.5, 0.6) is 11.5 Å². The maximum Gasteiger partial charge on any atom is 0.341 e. The van der Waals surface area contributed by atoms with Gasteiger partial charge in [0.15, 0.2) is 11.6 Å². The number of unbranched alkanes of at least 4 members (excludes halogenated alkanes) is 1. The van der Waals surface area contributed by atoms with Crippen LogP contribution in [0, 0.1) is 17.5 Å². The Bertz CT molecular complexity index is 1300. The van der Waals surface area contributed by atoms with Crippen LogP contribution in [-0.4, -0.2) is 25.3 Å². The molecule has 4 nitrogen and oxygen atoms in total. The Balaban J connectivity index is 1.34. The zero-order valence-corrected chi connectivity index (χ0v) is 22.8. The number of esters is 1. The summed E-state index contributed by atoms with van der Waals surface area (Å²) in [6, 6.07) is 14.2. The lowest BCUT2D eigenvalue weighted by molar-refractivity contribution is 0.0188. The largest absolute Gasteiger partial charge is 0.494 e. The van der Waals surface area contributed by atoms with Crippen molar-refractivity contribution in [3.8, 4) is 22.6 Å². The molecule has 0 atom stereocenters. The van der Waals surface area contributed by atoms with Crippen LogP contribution in [0.1, 0.15) is 73.7 Å². The van der Waals surface area contributed by atoms with Crippen LogP contribution < -0.4 is 9.47 Å². The van der Waals surface area contributed by atoms with Crippen LogP contribution in [0.2, 0.25) is 0 Å². The van der Waals surface area contributed by atoms with Crippen molar-refractivity contribution in [3.05, 3.63) is 95.8 Å². The lowest BCUT2D eigenvalue weighted by atomic mass is 9.82. The molecule has 212 valence electrons. The minimum atomic E-state index is -1.24. The summed E-state index contributed by atoms with van der Waals surface area (Å²) in [5.41, 5.74) is 0.681. The molecule has 0 bridgehead atoms. The van der Waals surface area contributed by atoms with E-state index in [4.69, 9.17) is 14.2 Å². The zero-order valence-electron chi connectivity index (χ0n) is 22.8. The van der Waals surface area contributed by atoms with Gasteiger partial charge in [0, 0.05) is 11.6 Å². The monoisotopic (exact) mass is 552 g/mol. The molecule has 0 unspecified atom stereocenters. The highest BCUT2D eigenvalue weighted by Crippen LogP contribution is 2.37. The Morgan fingerprint density at radius 2 is 1.60 bits per heavy atom. The molecular weight excluding hydrogens is 517 g/mol. The number of carbonyl (C=O) groups is 1. The molecule has 1 fully saturated rings. The average Bonchev–Trinajstić information content (AvgIpc) is 2.96. The van der Waals surface area contributed by atoms with E-state index in [0.29, 0.717) is 67.9 Å². The molecule has 1 aliphatic carbocycles. The molecule has 0 heterocycles. The highest BCUT2D eigenvalue weighted by molar-refractivity contribution is 5.90. The molecule has 0 aromatic heterocycles. The highest BCUT2D eigenvalue weighted by Gasteiger charge is 2.29. The maximum absolute atomic E-state index is 15.0. The van der Waals surface area contributed by atoms with Crippen LogP contribution in [0.4, 0.5) is 13.2 Å². The Kier molecular flexibility index (Phi) is 10.3. The van der Waals surface area contributed by atoms with Gasteiger partial charge >= 0.3 is 5.97 Å². The Morgan fingerprint density at radius 1 is 0.900 bits per heavy atom. The number of hydrogen-bond donors (Lipinski definition) is 0. The van der Waals surface area contributed by atoms with Gasteiger partial charge in [0.25, 0.3) is 0 Å². The molecule has 0 amide bonds. The minimum Gasteiger partial charge on any atom is -0.494 e. The first-order valence-corrected chi connectivity index (χ1v) is 13.9. The third-order valence-corrected chi connectivity index (χ3v) is 7.18. The standard InChI is InChI=1S/C33H35F3O4/c1-3-5-19-38-24-11-7-23(8-12-24)28-17-18-29(32(36)31(28)35)33(37)40-25-13-9-22(10-14-25)27-16-15-26(21-30(27)34)39-20-6-4-2/h4,7-8,11-12,15-18,21-22,25H,2-3,5-6,9-10,13-14,19-20H2,1H3. The second-order valence-electron chi connectivity index (χ2n) is 10.0. The number of ether oxygens (including phenoxy) is 3. The molecule has 0 aliphatic heterocycles. The van der Waals surface area contributed by atoms with Gasteiger partial charge in [0.2, 0.25) is 0 Å². The summed E-state index contributed by atoms with van der Waals surface area (Å²) >= 11 is 0. The van der Waals surface area contributed by atoms with Gasteiger partial charge in [-0.1, -0.05) is 43.7 Å². The van der Waals surface area contributed by atoms with Crippen molar-refractivity contribution in [1.29, 1.82) is 0 Å². The second-order valence-corrected chi connectivity index (χ2v) is 10.0. The van der Waals surface area contributed by atoms with E-state index >= 15 is 0 Å². The molecular formula is C33H35F3O4. The predicted octanol–water partition coefficient (Wildman–Crippen LogP) is 8.79. The fourth-order valence-electron chi connectivity index (χ4n) is 4.89. The highest BCUT2D eigenvalue weighted by atomic mass is 19.2. The van der Waals surface area contributed by atoms with E-state index in [1.807, 2.05) is 0 Å². The first kappa shape index (κ1) is 29.2. The lowest BCUT2D eigenvalue weighted by Gasteiger charge is -2.29. The summed E-state index contributed by atoms with van der Waals surface area (Å²) in [4.78, 5) is 12.7. The summed E-state index contributed by atoms with van der Waals surface area (Å²) in [7, 11) is 0. The van der Waals surface area contributed by atoms with Gasteiger partial charge in [-0.25, -0.2) is 18.0 Å². The van der Waals surface area contributed by atoms with E-state index in [9.17, 15) is 18.0 Å². The quantitative estimate of drug-likeness (QED) is 0.128. The predicted molar refractivity (Wildman–Crippen MR) is 149 cm³/mol. The molecule has 0 N–H and O–H groups in total. The fourth-order valence-corrected chi connectivity index (χ4v) is 4.89. The van der Waals surface area contributed by atoms with Gasteiger partial charge in [-0.15, -0.1) is 6.58 Å². The van der Waals surface area contributed by atoms with Gasteiger partial charge in [-0.3, -0.25) is 0 Å². The third kappa shape index (κ3) is 7.26. The number of benzene rings is 3. The molecule has 4 rings (SSSR count). The van der Waals surface area contributed by atoms with Gasteiger partial charge < -0.3 is 14.2 Å². The van der Waals surface area contributed by atoms with E-state index in [1.54, 1.807) is 42.5 Å². The summed E-state index contributed by atoms with van der Waals surface area (Å²) < 4.78 is 61.3. The molecule has 0 radical (unpaired) electrons. The van der Waals surface area contributed by atoms with Crippen molar-refractivity contribution >= 4 is 5.97 Å². The molecule has 3 aromatic carbocycles. The molecule has 40 heavy (non-hydrogen) atoms. The maximum atomic E-state index is 15.0. The van der Waals surface area contributed by atoms with E-state index in [1.165, 1.54) is 18.2 Å². The van der Waals surface area contributed by atoms with Crippen molar-refractivity contribution in [2.75, 3.05) is 13.2 Å². The third-order valence-electron chi connectivity index (χ3n) is 7.18. The zero-order chi connectivity index (χ0) is 28.5. The minimum absolute atomic E-state index is 0.0194. The van der Waals surface area contributed by atoms with E-state index in [2.05, 4.69) is 13.5 Å². The van der Waals surface area contributed by atoms with Crippen molar-refractivity contribution in [3.63, 3.8) is 0 Å². The second kappa shape index (κ2) is 14.1. The first-order chi connectivity index (χ1) is 19.4. The van der Waals surface area contributed by atoms with E-state index < -0.39 is 29.3 Å². The van der Waals surface area contributed by atoms with Gasteiger partial charge in [0.1, 0.15) is 23.4 Å². The molecule has 7 heteroatoms. The summed E-state index contributed by atoms with van der Waals surface area (Å²) in [5.74, 6) is -2.47. The molecule has 1 saturated carbocycles. The van der Waals surface area contributed by atoms with Crippen LogP contribution in [0.25, 0.3) is 11.1 Å². The smallest absolute Gasteiger partial charge is 0.341 e. The topological polar surface area (TPSA) is 44.8 Å². The number of rotatable bonds is 12. The van der Waals surface area contributed by atoms with Crippen LogP contribution in [0.15, 0.2) is 67.3 Å². The van der Waals surface area contributed by atoms with Crippen LogP contribution in [-0.2, 0) is 4.74 Å². The van der Waals surface area contributed by atoms with Gasteiger partial charge in [0.05, 0.1) is 18.8 Å². The van der Waals surface area contributed by atoms with E-state index in [-0.39, 0.29) is 17.3 Å². The van der Waals surface area contributed by atoms with Gasteiger partial charge in [-0.05, 0) is 79.8 Å². The SMILES string of the molecule is C=CCCOc1ccc(C2CCC(OC(=O)c3ccc(-c4ccc(OCCCC)cc4)c(F)c3F)CC2)c(F)c1. The van der Waals surface area contributed by atoms with Crippen molar-refractivity contribution in [2.24, 2.45) is 0 Å². The summed E-state index contributed by atoms with van der Waals surface area (Å²) in [5, 5.41) is 0. The fraction of sp³-hybridized carbons (Fsp3) is 0.364. The lowest BCUT2D eigenvalue weighted by Crippen LogP contribution is -2.25. The average molecular weight is 553 g/mol. The Hall–Kier alpha value is -3.74. The number of hydrogen-bond acceptors (Lipinski definition) is 4. The van der Waals surface area contributed by atoms with Crippen molar-refractivity contribution in [2.45, 2.75) is 63.9 Å². The molecule has 0 spiro atoms. The Labute approximate surface area is 233 Å². The molecule has 1 aliphatic rings. The van der Waals surface area contributed by atoms with Crippen LogP contribution >= 0.6 is 0 Å². The summed E-state index contributed by atoms with van der Waals surface area (Å²) in [6.07, 6.45) is 6.14. The number of halogens is 3. The molecule has 3 aromatic rings. The van der Waals surface area contributed by atoms with Gasteiger partial charge in [-0.2, -0.15) is 0 Å². The summed E-state index contributed by atoms with van der Waals surface area (Å²) in [6.45, 7) is 6.73. The Morgan fingerprint density at radius 3 is 2.27 bits per heavy atom.